The SMILES string of the molecule is N=C(N)SC1CCOCC1. The minimum Gasteiger partial charge on any atom is -0.381 e. The summed E-state index contributed by atoms with van der Waals surface area (Å²) in [7, 11) is 0. The van der Waals surface area contributed by atoms with Gasteiger partial charge in [-0.2, -0.15) is 0 Å². The third-order valence-electron chi connectivity index (χ3n) is 1.46. The summed E-state index contributed by atoms with van der Waals surface area (Å²) in [6, 6.07) is 0. The quantitative estimate of drug-likeness (QED) is 0.440. The first-order chi connectivity index (χ1) is 4.79. The zero-order valence-electron chi connectivity index (χ0n) is 5.80. The van der Waals surface area contributed by atoms with Crippen LogP contribution >= 0.6 is 11.8 Å². The normalized spacial score (nSPS) is 20.8. The van der Waals surface area contributed by atoms with Crippen LogP contribution < -0.4 is 5.73 Å². The summed E-state index contributed by atoms with van der Waals surface area (Å²) >= 11 is 1.46. The Hall–Kier alpha value is -0.220. The van der Waals surface area contributed by atoms with E-state index in [0.717, 1.165) is 26.1 Å². The van der Waals surface area contributed by atoms with Crippen molar-refractivity contribution >= 4 is 16.9 Å². The number of ether oxygens (including phenoxy) is 1. The van der Waals surface area contributed by atoms with E-state index in [1.807, 2.05) is 0 Å². The molecule has 0 saturated carbocycles. The van der Waals surface area contributed by atoms with E-state index in [1.54, 1.807) is 0 Å². The standard InChI is InChI=1S/C6H12N2OS/c7-6(8)10-5-1-3-9-4-2-5/h5H,1-4H2,(H3,7,8). The lowest BCUT2D eigenvalue weighted by Crippen LogP contribution is -2.21. The Balaban J connectivity index is 2.19. The molecule has 1 aliphatic heterocycles. The highest BCUT2D eigenvalue weighted by atomic mass is 32.2. The van der Waals surface area contributed by atoms with Crippen molar-refractivity contribution in [3.63, 3.8) is 0 Å². The zero-order chi connectivity index (χ0) is 7.40. The summed E-state index contributed by atoms with van der Waals surface area (Å²) in [5.74, 6) is 0. The summed E-state index contributed by atoms with van der Waals surface area (Å²) in [4.78, 5) is 0. The van der Waals surface area contributed by atoms with E-state index in [9.17, 15) is 0 Å². The van der Waals surface area contributed by atoms with E-state index in [4.69, 9.17) is 15.9 Å². The topological polar surface area (TPSA) is 59.1 Å². The molecule has 3 nitrogen and oxygen atoms in total. The van der Waals surface area contributed by atoms with Gasteiger partial charge in [0.15, 0.2) is 5.17 Å². The number of nitrogens with two attached hydrogens (primary N) is 1. The van der Waals surface area contributed by atoms with Crippen molar-refractivity contribution in [3.05, 3.63) is 0 Å². The molecule has 0 aromatic rings. The second-order valence-electron chi connectivity index (χ2n) is 2.29. The van der Waals surface area contributed by atoms with Crippen molar-refractivity contribution in [2.24, 2.45) is 5.73 Å². The van der Waals surface area contributed by atoms with Crippen LogP contribution in [0.15, 0.2) is 0 Å². The summed E-state index contributed by atoms with van der Waals surface area (Å²) in [5, 5.41) is 7.78. The molecule has 0 bridgehead atoms. The van der Waals surface area contributed by atoms with Gasteiger partial charge < -0.3 is 10.5 Å². The molecule has 58 valence electrons. The van der Waals surface area contributed by atoms with E-state index < -0.39 is 0 Å². The fraction of sp³-hybridized carbons (Fsp3) is 0.833. The van der Waals surface area contributed by atoms with Gasteiger partial charge in [0.2, 0.25) is 0 Å². The number of amidine groups is 1. The Kier molecular flexibility index (Phi) is 3.02. The van der Waals surface area contributed by atoms with Crippen molar-refractivity contribution in [1.29, 1.82) is 5.41 Å². The zero-order valence-corrected chi connectivity index (χ0v) is 6.62. The minimum absolute atomic E-state index is 0.229. The van der Waals surface area contributed by atoms with Crippen LogP contribution in [0.3, 0.4) is 0 Å². The maximum absolute atomic E-state index is 7.03. The maximum Gasteiger partial charge on any atom is 0.151 e. The molecule has 3 N–H and O–H groups in total. The third kappa shape index (κ3) is 2.58. The number of hydrogen-bond donors (Lipinski definition) is 2. The van der Waals surface area contributed by atoms with Gasteiger partial charge in [-0.15, -0.1) is 0 Å². The molecule has 0 aromatic heterocycles. The molecule has 0 radical (unpaired) electrons. The summed E-state index contributed by atoms with van der Waals surface area (Å²) in [5.41, 5.74) is 5.23. The van der Waals surface area contributed by atoms with Crippen LogP contribution in [0.5, 0.6) is 0 Å². The molecule has 0 amide bonds. The first kappa shape index (κ1) is 7.88. The average Bonchev–Trinajstić information content (AvgIpc) is 1.88. The Bertz CT molecular complexity index is 123. The number of rotatable bonds is 1. The molecule has 1 aliphatic rings. The Morgan fingerprint density at radius 1 is 1.50 bits per heavy atom. The van der Waals surface area contributed by atoms with Crippen molar-refractivity contribution in [2.75, 3.05) is 13.2 Å². The van der Waals surface area contributed by atoms with E-state index in [2.05, 4.69) is 0 Å². The van der Waals surface area contributed by atoms with E-state index in [0.29, 0.717) is 5.25 Å². The van der Waals surface area contributed by atoms with Gasteiger partial charge in [0.25, 0.3) is 0 Å². The Morgan fingerprint density at radius 3 is 2.60 bits per heavy atom. The van der Waals surface area contributed by atoms with Gasteiger partial charge in [-0.3, -0.25) is 5.41 Å². The van der Waals surface area contributed by atoms with Crippen molar-refractivity contribution in [1.82, 2.24) is 0 Å². The monoisotopic (exact) mass is 160 g/mol. The fourth-order valence-electron chi connectivity index (χ4n) is 0.973. The molecule has 0 atom stereocenters. The largest absolute Gasteiger partial charge is 0.381 e. The highest BCUT2D eigenvalue weighted by molar-refractivity contribution is 8.14. The lowest BCUT2D eigenvalue weighted by Gasteiger charge is -2.20. The molecule has 0 aromatic carbocycles. The van der Waals surface area contributed by atoms with Gasteiger partial charge in [0, 0.05) is 18.5 Å². The van der Waals surface area contributed by atoms with Gasteiger partial charge in [0.1, 0.15) is 0 Å². The highest BCUT2D eigenvalue weighted by Gasteiger charge is 2.14. The molecule has 4 heteroatoms. The van der Waals surface area contributed by atoms with E-state index in [1.165, 1.54) is 11.8 Å². The van der Waals surface area contributed by atoms with Crippen LogP contribution in [-0.2, 0) is 4.74 Å². The third-order valence-corrected chi connectivity index (χ3v) is 2.52. The Morgan fingerprint density at radius 2 is 2.10 bits per heavy atom. The molecule has 0 aliphatic carbocycles. The van der Waals surface area contributed by atoms with Crippen LogP contribution in [-0.4, -0.2) is 23.6 Å². The lowest BCUT2D eigenvalue weighted by atomic mass is 10.2. The highest BCUT2D eigenvalue weighted by Crippen LogP contribution is 2.20. The molecule has 1 saturated heterocycles. The average molecular weight is 160 g/mol. The molecule has 10 heavy (non-hydrogen) atoms. The maximum atomic E-state index is 7.03. The number of nitrogens with one attached hydrogen (secondary N) is 1. The summed E-state index contributed by atoms with van der Waals surface area (Å²) in [6.45, 7) is 1.65. The summed E-state index contributed by atoms with van der Waals surface area (Å²) < 4.78 is 5.16. The molecule has 0 spiro atoms. The molecule has 1 fully saturated rings. The fourth-order valence-corrected chi connectivity index (χ4v) is 1.76. The van der Waals surface area contributed by atoms with Crippen LogP contribution in [0, 0.1) is 5.41 Å². The van der Waals surface area contributed by atoms with Gasteiger partial charge in [-0.25, -0.2) is 0 Å². The summed E-state index contributed by atoms with van der Waals surface area (Å²) in [6.07, 6.45) is 2.06. The smallest absolute Gasteiger partial charge is 0.151 e. The minimum atomic E-state index is 0.229. The predicted molar refractivity (Wildman–Crippen MR) is 43.3 cm³/mol. The van der Waals surface area contributed by atoms with Crippen LogP contribution in [0.1, 0.15) is 12.8 Å². The van der Waals surface area contributed by atoms with Gasteiger partial charge >= 0.3 is 0 Å². The first-order valence-corrected chi connectivity index (χ1v) is 4.25. The molecular formula is C6H12N2OS. The molecular weight excluding hydrogens is 148 g/mol. The second kappa shape index (κ2) is 3.83. The molecule has 0 unspecified atom stereocenters. The van der Waals surface area contributed by atoms with Crippen LogP contribution in [0.2, 0.25) is 0 Å². The number of hydrogen-bond acceptors (Lipinski definition) is 3. The number of thioether (sulfide) groups is 1. The lowest BCUT2D eigenvalue weighted by molar-refractivity contribution is 0.100. The van der Waals surface area contributed by atoms with Gasteiger partial charge in [-0.1, -0.05) is 11.8 Å². The Labute approximate surface area is 64.8 Å². The molecule has 1 rings (SSSR count). The van der Waals surface area contributed by atoms with Crippen molar-refractivity contribution in [2.45, 2.75) is 18.1 Å². The van der Waals surface area contributed by atoms with Crippen LogP contribution in [0.4, 0.5) is 0 Å². The van der Waals surface area contributed by atoms with Gasteiger partial charge in [-0.05, 0) is 12.8 Å². The van der Waals surface area contributed by atoms with E-state index >= 15 is 0 Å². The first-order valence-electron chi connectivity index (χ1n) is 3.37. The van der Waals surface area contributed by atoms with Crippen molar-refractivity contribution < 1.29 is 4.74 Å². The second-order valence-corrected chi connectivity index (χ2v) is 3.64. The van der Waals surface area contributed by atoms with E-state index in [-0.39, 0.29) is 5.17 Å². The van der Waals surface area contributed by atoms with Crippen molar-refractivity contribution in [3.8, 4) is 0 Å². The van der Waals surface area contributed by atoms with Crippen LogP contribution in [0.25, 0.3) is 0 Å². The van der Waals surface area contributed by atoms with Gasteiger partial charge in [0.05, 0.1) is 0 Å². The predicted octanol–water partition coefficient (Wildman–Crippen LogP) is 0.792. The molecule has 1 heterocycles.